The maximum absolute atomic E-state index is 13.1. The minimum absolute atomic E-state index is 0.292. The lowest BCUT2D eigenvalue weighted by Gasteiger charge is -2.46. The van der Waals surface area contributed by atoms with Gasteiger partial charge >= 0.3 is 0 Å². The molecule has 19 heavy (non-hydrogen) atoms. The van der Waals surface area contributed by atoms with Gasteiger partial charge in [0, 0.05) is 19.2 Å². The van der Waals surface area contributed by atoms with Gasteiger partial charge in [-0.2, -0.15) is 0 Å². The number of carbonyl (C=O) groups is 1. The van der Waals surface area contributed by atoms with Gasteiger partial charge in [0.25, 0.3) is 0 Å². The topological polar surface area (TPSA) is 41.6 Å². The molecule has 2 aliphatic heterocycles. The fourth-order valence-corrected chi connectivity index (χ4v) is 3.70. The first-order chi connectivity index (χ1) is 9.10. The molecule has 2 saturated heterocycles. The minimum Gasteiger partial charge on any atom is -0.384 e. The average molecular weight is 268 g/mol. The number of ether oxygens (including phenoxy) is 1. The third kappa shape index (κ3) is 2.95. The summed E-state index contributed by atoms with van der Waals surface area (Å²) >= 11 is 0. The van der Waals surface area contributed by atoms with E-state index in [1.165, 1.54) is 6.42 Å². The van der Waals surface area contributed by atoms with Crippen LogP contribution in [0, 0.1) is 5.41 Å². The number of hydrogen-bond acceptors (Lipinski definition) is 3. The van der Waals surface area contributed by atoms with Crippen LogP contribution >= 0.6 is 0 Å². The Labute approximate surface area is 116 Å². The Morgan fingerprint density at radius 2 is 1.84 bits per heavy atom. The molecule has 2 rings (SSSR count). The van der Waals surface area contributed by atoms with Gasteiger partial charge in [-0.3, -0.25) is 4.79 Å². The summed E-state index contributed by atoms with van der Waals surface area (Å²) < 4.78 is 5.39. The molecule has 2 aliphatic rings. The first-order valence-electron chi connectivity index (χ1n) is 7.63. The predicted molar refractivity (Wildman–Crippen MR) is 76.0 cm³/mol. The van der Waals surface area contributed by atoms with Gasteiger partial charge in [0.05, 0.1) is 12.0 Å². The van der Waals surface area contributed by atoms with Crippen LogP contribution in [0.1, 0.15) is 46.0 Å². The van der Waals surface area contributed by atoms with Crippen LogP contribution in [0.3, 0.4) is 0 Å². The molecule has 1 amide bonds. The third-order valence-electron chi connectivity index (χ3n) is 4.86. The highest BCUT2D eigenvalue weighted by molar-refractivity contribution is 5.83. The molecule has 0 spiro atoms. The van der Waals surface area contributed by atoms with Crippen LogP contribution < -0.4 is 5.32 Å². The summed E-state index contributed by atoms with van der Waals surface area (Å²) in [7, 11) is 1.71. The van der Waals surface area contributed by atoms with Crippen LogP contribution in [0.2, 0.25) is 0 Å². The number of hydrogen-bond donors (Lipinski definition) is 1. The number of amides is 1. The Kier molecular flexibility index (Phi) is 4.85. The number of nitrogens with one attached hydrogen (secondary N) is 1. The van der Waals surface area contributed by atoms with E-state index in [4.69, 9.17) is 4.74 Å². The Morgan fingerprint density at radius 3 is 2.37 bits per heavy atom. The summed E-state index contributed by atoms with van der Waals surface area (Å²) in [6.07, 6.45) is 5.31. The molecule has 4 nitrogen and oxygen atoms in total. The van der Waals surface area contributed by atoms with E-state index in [1.54, 1.807) is 7.11 Å². The van der Waals surface area contributed by atoms with Gasteiger partial charge < -0.3 is 15.0 Å². The highest BCUT2D eigenvalue weighted by atomic mass is 16.5. The van der Waals surface area contributed by atoms with Crippen molar-refractivity contribution in [1.82, 2.24) is 10.2 Å². The van der Waals surface area contributed by atoms with E-state index >= 15 is 0 Å². The minimum atomic E-state index is -0.292. The maximum Gasteiger partial charge on any atom is 0.231 e. The molecule has 0 unspecified atom stereocenters. The molecule has 0 aliphatic carbocycles. The summed E-state index contributed by atoms with van der Waals surface area (Å²) in [5, 5.41) is 3.35. The van der Waals surface area contributed by atoms with Crippen LogP contribution in [-0.4, -0.2) is 49.7 Å². The predicted octanol–water partition coefficient (Wildman–Crippen LogP) is 1.79. The number of rotatable bonds is 3. The Bertz CT molecular complexity index is 298. The standard InChI is InChI=1S/C15H28N2O2/c1-12-5-4-6-13(2)17(12)14(18)15(11-19-3)7-9-16-10-8-15/h12-13,16H,4-11H2,1-3H3/t12-,13+. The highest BCUT2D eigenvalue weighted by Gasteiger charge is 2.45. The molecule has 1 N–H and O–H groups in total. The molecule has 0 radical (unpaired) electrons. The fourth-order valence-electron chi connectivity index (χ4n) is 3.70. The van der Waals surface area contributed by atoms with Gasteiger partial charge in [-0.25, -0.2) is 0 Å². The van der Waals surface area contributed by atoms with Gasteiger partial charge in [0.1, 0.15) is 0 Å². The lowest BCUT2D eigenvalue weighted by Crippen LogP contribution is -2.57. The zero-order valence-electron chi connectivity index (χ0n) is 12.6. The molecular formula is C15H28N2O2. The van der Waals surface area contributed by atoms with Gasteiger partial charge in [0.15, 0.2) is 0 Å². The largest absolute Gasteiger partial charge is 0.384 e. The zero-order chi connectivity index (χ0) is 13.9. The van der Waals surface area contributed by atoms with Crippen LogP contribution in [0.25, 0.3) is 0 Å². The van der Waals surface area contributed by atoms with Crippen molar-refractivity contribution in [2.45, 2.75) is 58.0 Å². The summed E-state index contributed by atoms with van der Waals surface area (Å²) in [6.45, 7) is 6.78. The molecule has 0 saturated carbocycles. The summed E-state index contributed by atoms with van der Waals surface area (Å²) in [4.78, 5) is 15.3. The highest BCUT2D eigenvalue weighted by Crippen LogP contribution is 2.35. The van der Waals surface area contributed by atoms with E-state index in [9.17, 15) is 4.79 Å². The van der Waals surface area contributed by atoms with Gasteiger partial charge in [-0.15, -0.1) is 0 Å². The lowest BCUT2D eigenvalue weighted by atomic mass is 9.77. The summed E-state index contributed by atoms with van der Waals surface area (Å²) in [6, 6.07) is 0.750. The molecule has 0 aromatic rings. The lowest BCUT2D eigenvalue weighted by molar-refractivity contribution is -0.154. The van der Waals surface area contributed by atoms with E-state index in [2.05, 4.69) is 24.1 Å². The molecule has 2 fully saturated rings. The van der Waals surface area contributed by atoms with Crippen molar-refractivity contribution < 1.29 is 9.53 Å². The van der Waals surface area contributed by atoms with Gasteiger partial charge in [0.2, 0.25) is 5.91 Å². The number of carbonyl (C=O) groups excluding carboxylic acids is 1. The van der Waals surface area contributed by atoms with Crippen LogP contribution in [-0.2, 0) is 9.53 Å². The van der Waals surface area contributed by atoms with Gasteiger partial charge in [-0.1, -0.05) is 0 Å². The second kappa shape index (κ2) is 6.23. The third-order valence-corrected chi connectivity index (χ3v) is 4.86. The van der Waals surface area contributed by atoms with Crippen LogP contribution in [0.5, 0.6) is 0 Å². The van der Waals surface area contributed by atoms with Crippen molar-refractivity contribution in [3.63, 3.8) is 0 Å². The smallest absolute Gasteiger partial charge is 0.231 e. The van der Waals surface area contributed by atoms with Crippen molar-refractivity contribution in [2.75, 3.05) is 26.8 Å². The molecule has 110 valence electrons. The molecule has 2 atom stereocenters. The van der Waals surface area contributed by atoms with Crippen molar-refractivity contribution in [3.05, 3.63) is 0 Å². The first kappa shape index (κ1) is 14.8. The maximum atomic E-state index is 13.1. The van der Waals surface area contributed by atoms with E-state index in [1.807, 2.05) is 0 Å². The van der Waals surface area contributed by atoms with Crippen molar-refractivity contribution in [2.24, 2.45) is 5.41 Å². The van der Waals surface area contributed by atoms with Crippen molar-refractivity contribution >= 4 is 5.91 Å². The second-order valence-corrected chi connectivity index (χ2v) is 6.30. The average Bonchev–Trinajstić information content (AvgIpc) is 2.40. The monoisotopic (exact) mass is 268 g/mol. The van der Waals surface area contributed by atoms with E-state index in [0.717, 1.165) is 38.8 Å². The van der Waals surface area contributed by atoms with E-state index in [-0.39, 0.29) is 5.41 Å². The fraction of sp³-hybridized carbons (Fsp3) is 0.933. The number of likely N-dealkylation sites (tertiary alicyclic amines) is 1. The molecule has 4 heteroatoms. The quantitative estimate of drug-likeness (QED) is 0.848. The van der Waals surface area contributed by atoms with Gasteiger partial charge in [-0.05, 0) is 59.0 Å². The Balaban J connectivity index is 2.18. The molecular weight excluding hydrogens is 240 g/mol. The number of nitrogens with zero attached hydrogens (tertiary/aromatic N) is 1. The van der Waals surface area contributed by atoms with E-state index in [0.29, 0.717) is 24.6 Å². The molecule has 0 aromatic heterocycles. The van der Waals surface area contributed by atoms with Crippen LogP contribution in [0.4, 0.5) is 0 Å². The Hall–Kier alpha value is -0.610. The molecule has 0 aromatic carbocycles. The summed E-state index contributed by atoms with van der Waals surface area (Å²) in [5.41, 5.74) is -0.292. The Morgan fingerprint density at radius 1 is 1.26 bits per heavy atom. The summed E-state index contributed by atoms with van der Waals surface area (Å²) in [5.74, 6) is 0.329. The zero-order valence-corrected chi connectivity index (χ0v) is 12.6. The molecule has 2 heterocycles. The van der Waals surface area contributed by atoms with Crippen LogP contribution in [0.15, 0.2) is 0 Å². The van der Waals surface area contributed by atoms with Crippen molar-refractivity contribution in [3.8, 4) is 0 Å². The first-order valence-corrected chi connectivity index (χ1v) is 7.63. The second-order valence-electron chi connectivity index (χ2n) is 6.30. The molecule has 0 bridgehead atoms. The normalized spacial score (nSPS) is 31.2. The SMILES string of the molecule is COCC1(C(=O)N2[C@H](C)CCC[C@@H]2C)CCNCC1. The van der Waals surface area contributed by atoms with Crippen molar-refractivity contribution in [1.29, 1.82) is 0 Å². The number of piperidine rings is 2. The number of methoxy groups -OCH3 is 1. The van der Waals surface area contributed by atoms with E-state index < -0.39 is 0 Å².